The van der Waals surface area contributed by atoms with Gasteiger partial charge in [-0.05, 0) is 17.7 Å². The fourth-order valence-corrected chi connectivity index (χ4v) is 2.42. The van der Waals surface area contributed by atoms with Crippen LogP contribution in [0.15, 0.2) is 58.8 Å². The Hall–Kier alpha value is -2.16. The maximum atomic E-state index is 12.2. The normalized spacial score (nSPS) is 27.3. The average molecular weight is 226 g/mol. The lowest BCUT2D eigenvalue weighted by molar-refractivity contribution is -0.124. The van der Waals surface area contributed by atoms with Gasteiger partial charge in [0.05, 0.1) is 12.2 Å². The number of hydrogen-bond donors (Lipinski definition) is 0. The van der Waals surface area contributed by atoms with E-state index in [1.54, 1.807) is 30.4 Å². The van der Waals surface area contributed by atoms with Gasteiger partial charge in [0.25, 0.3) is 0 Å². The van der Waals surface area contributed by atoms with E-state index >= 15 is 0 Å². The lowest BCUT2D eigenvalue weighted by Gasteiger charge is -2.12. The van der Waals surface area contributed by atoms with E-state index < -0.39 is 11.8 Å². The van der Waals surface area contributed by atoms with Crippen LogP contribution in [-0.4, -0.2) is 11.6 Å². The van der Waals surface area contributed by atoms with Crippen molar-refractivity contribution < 1.29 is 14.0 Å². The van der Waals surface area contributed by atoms with Crippen LogP contribution in [0.2, 0.25) is 0 Å². The summed E-state index contributed by atoms with van der Waals surface area (Å²) >= 11 is 0. The average Bonchev–Trinajstić information content (AvgIpc) is 2.88. The van der Waals surface area contributed by atoms with E-state index in [1.165, 1.54) is 6.26 Å². The van der Waals surface area contributed by atoms with Crippen LogP contribution in [0, 0.1) is 5.92 Å². The fraction of sp³-hybridized carbons (Fsp3) is 0.143. The van der Waals surface area contributed by atoms with E-state index in [2.05, 4.69) is 6.58 Å². The summed E-state index contributed by atoms with van der Waals surface area (Å²) in [7, 11) is 0. The molecule has 0 amide bonds. The van der Waals surface area contributed by atoms with Gasteiger partial charge in [0.2, 0.25) is 0 Å². The van der Waals surface area contributed by atoms with E-state index in [9.17, 15) is 9.59 Å². The van der Waals surface area contributed by atoms with Crippen molar-refractivity contribution in [3.63, 3.8) is 0 Å². The zero-order valence-corrected chi connectivity index (χ0v) is 9.05. The summed E-state index contributed by atoms with van der Waals surface area (Å²) in [5.74, 6) is -1.16. The second kappa shape index (κ2) is 3.42. The fourth-order valence-electron chi connectivity index (χ4n) is 2.42. The largest absolute Gasteiger partial charge is 0.468 e. The first kappa shape index (κ1) is 10.0. The molecule has 3 nitrogen and oxygen atoms in total. The Kier molecular flexibility index (Phi) is 2.01. The Morgan fingerprint density at radius 2 is 2.06 bits per heavy atom. The number of hydrogen-bond acceptors (Lipinski definition) is 3. The molecule has 2 aliphatic rings. The van der Waals surface area contributed by atoms with Crippen molar-refractivity contribution in [3.05, 3.63) is 60.1 Å². The number of carbonyl (C=O) groups is 2. The van der Waals surface area contributed by atoms with Crippen molar-refractivity contribution in [3.8, 4) is 0 Å². The minimum Gasteiger partial charge on any atom is -0.468 e. The summed E-state index contributed by atoms with van der Waals surface area (Å²) in [6.45, 7) is 3.83. The summed E-state index contributed by atoms with van der Waals surface area (Å²) in [4.78, 5) is 24.4. The van der Waals surface area contributed by atoms with Crippen LogP contribution in [0.5, 0.6) is 0 Å². The zero-order valence-electron chi connectivity index (χ0n) is 9.05. The Morgan fingerprint density at radius 3 is 2.71 bits per heavy atom. The molecule has 0 aromatic carbocycles. The van der Waals surface area contributed by atoms with Gasteiger partial charge in [0, 0.05) is 5.57 Å². The molecule has 2 atom stereocenters. The third-order valence-corrected chi connectivity index (χ3v) is 3.21. The molecular weight excluding hydrogens is 216 g/mol. The highest BCUT2D eigenvalue weighted by Crippen LogP contribution is 2.41. The summed E-state index contributed by atoms with van der Waals surface area (Å²) in [5, 5.41) is 0. The topological polar surface area (TPSA) is 47.3 Å². The van der Waals surface area contributed by atoms with Gasteiger partial charge in [-0.3, -0.25) is 9.59 Å². The molecule has 0 spiro atoms. The quantitative estimate of drug-likeness (QED) is 0.689. The number of ketones is 2. The molecule has 3 heteroatoms. The number of carbonyl (C=O) groups excluding carboxylic acids is 2. The minimum atomic E-state index is -0.794. The highest BCUT2D eigenvalue weighted by Gasteiger charge is 2.48. The summed E-state index contributed by atoms with van der Waals surface area (Å²) in [6.07, 6.45) is 6.69. The number of furan rings is 1. The third-order valence-electron chi connectivity index (χ3n) is 3.21. The molecule has 0 bridgehead atoms. The molecular formula is C14H10O3. The van der Waals surface area contributed by atoms with Crippen LogP contribution in [0.3, 0.4) is 0 Å². The van der Waals surface area contributed by atoms with Crippen LogP contribution in [0.25, 0.3) is 0 Å². The van der Waals surface area contributed by atoms with Crippen molar-refractivity contribution in [2.45, 2.75) is 5.92 Å². The van der Waals surface area contributed by atoms with E-state index in [-0.39, 0.29) is 11.6 Å². The second-order valence-corrected chi connectivity index (χ2v) is 4.20. The van der Waals surface area contributed by atoms with E-state index in [4.69, 9.17) is 4.42 Å². The highest BCUT2D eigenvalue weighted by atomic mass is 16.3. The van der Waals surface area contributed by atoms with Crippen molar-refractivity contribution in [2.75, 3.05) is 0 Å². The third kappa shape index (κ3) is 1.29. The maximum absolute atomic E-state index is 12.2. The zero-order chi connectivity index (χ0) is 12.0. The van der Waals surface area contributed by atoms with Crippen LogP contribution in [0.1, 0.15) is 11.7 Å². The van der Waals surface area contributed by atoms with Gasteiger partial charge in [-0.15, -0.1) is 0 Å². The maximum Gasteiger partial charge on any atom is 0.178 e. The van der Waals surface area contributed by atoms with E-state index in [1.807, 2.05) is 0 Å². The number of fused-ring (bicyclic) bond motifs is 1. The summed E-state index contributed by atoms with van der Waals surface area (Å²) < 4.78 is 5.18. The van der Waals surface area contributed by atoms with Crippen molar-refractivity contribution in [1.29, 1.82) is 0 Å². The molecule has 0 aliphatic heterocycles. The lowest BCUT2D eigenvalue weighted by atomic mass is 9.89. The van der Waals surface area contributed by atoms with Crippen LogP contribution >= 0.6 is 0 Å². The monoisotopic (exact) mass is 226 g/mol. The Labute approximate surface area is 98.1 Å². The first-order valence-corrected chi connectivity index (χ1v) is 5.38. The van der Waals surface area contributed by atoms with Crippen molar-refractivity contribution >= 4 is 11.6 Å². The lowest BCUT2D eigenvalue weighted by Crippen LogP contribution is -2.15. The molecule has 0 N–H and O–H groups in total. The summed E-state index contributed by atoms with van der Waals surface area (Å²) in [6, 6.07) is 3.34. The SMILES string of the molecule is C=C1C=CC=C2C(=O)C(c3ccco3)C(=O)C12. The van der Waals surface area contributed by atoms with Crippen LogP contribution < -0.4 is 0 Å². The van der Waals surface area contributed by atoms with Gasteiger partial charge in [-0.1, -0.05) is 24.8 Å². The Balaban J connectivity index is 2.09. The van der Waals surface area contributed by atoms with Gasteiger partial charge in [-0.25, -0.2) is 0 Å². The molecule has 2 aliphatic carbocycles. The number of rotatable bonds is 1. The van der Waals surface area contributed by atoms with Gasteiger partial charge < -0.3 is 4.42 Å². The van der Waals surface area contributed by atoms with E-state index in [0.29, 0.717) is 16.9 Å². The molecule has 1 saturated carbocycles. The first-order valence-electron chi connectivity index (χ1n) is 5.38. The second-order valence-electron chi connectivity index (χ2n) is 4.20. The van der Waals surface area contributed by atoms with Gasteiger partial charge >= 0.3 is 0 Å². The molecule has 3 rings (SSSR count). The standard InChI is InChI=1S/C14H10O3/c1-8-4-2-5-9-11(8)14(16)12(13(9)15)10-6-3-7-17-10/h2-7,11-12H,1H2. The minimum absolute atomic E-state index is 0.134. The van der Waals surface area contributed by atoms with Gasteiger partial charge in [0.1, 0.15) is 11.7 Å². The Morgan fingerprint density at radius 1 is 1.24 bits per heavy atom. The van der Waals surface area contributed by atoms with Gasteiger partial charge in [0.15, 0.2) is 11.6 Å². The number of Topliss-reactive ketones (excluding diaryl/α,β-unsaturated/α-hetero) is 2. The molecule has 2 unspecified atom stereocenters. The predicted octanol–water partition coefficient (Wildman–Crippen LogP) is 2.18. The molecule has 17 heavy (non-hydrogen) atoms. The molecule has 0 saturated heterocycles. The predicted molar refractivity (Wildman–Crippen MR) is 61.3 cm³/mol. The summed E-state index contributed by atoms with van der Waals surface area (Å²) in [5.41, 5.74) is 1.21. The smallest absolute Gasteiger partial charge is 0.178 e. The molecule has 1 aromatic rings. The van der Waals surface area contributed by atoms with Crippen LogP contribution in [0.4, 0.5) is 0 Å². The van der Waals surface area contributed by atoms with Crippen LogP contribution in [-0.2, 0) is 9.59 Å². The van der Waals surface area contributed by atoms with E-state index in [0.717, 1.165) is 0 Å². The number of allylic oxidation sites excluding steroid dienone is 5. The molecule has 1 fully saturated rings. The van der Waals surface area contributed by atoms with Crippen molar-refractivity contribution in [2.24, 2.45) is 5.92 Å². The Bertz CT molecular complexity index is 573. The molecule has 1 aromatic heterocycles. The van der Waals surface area contributed by atoms with Gasteiger partial charge in [-0.2, -0.15) is 0 Å². The van der Waals surface area contributed by atoms with Crippen molar-refractivity contribution in [1.82, 2.24) is 0 Å². The highest BCUT2D eigenvalue weighted by molar-refractivity contribution is 6.25. The molecule has 1 heterocycles. The first-order chi connectivity index (χ1) is 8.20. The molecule has 0 radical (unpaired) electrons. The molecule has 84 valence electrons.